The number of hydrogen-bond acceptors (Lipinski definition) is 3. The summed E-state index contributed by atoms with van der Waals surface area (Å²) in [7, 11) is 0. The third kappa shape index (κ3) is 1.34. The normalized spacial score (nSPS) is 10.4. The van der Waals surface area contributed by atoms with Gasteiger partial charge in [0.15, 0.2) is 0 Å². The van der Waals surface area contributed by atoms with Gasteiger partial charge in [0.25, 0.3) is 0 Å². The number of nitrogens with zero attached hydrogens (tertiary/aromatic N) is 2. The van der Waals surface area contributed by atoms with Crippen molar-refractivity contribution in [3.63, 3.8) is 0 Å². The highest BCUT2D eigenvalue weighted by atomic mass is 127. The van der Waals surface area contributed by atoms with E-state index in [0.717, 1.165) is 14.5 Å². The third-order valence-electron chi connectivity index (χ3n) is 1.56. The first-order valence-electron chi connectivity index (χ1n) is 3.43. The lowest BCUT2D eigenvalue weighted by Crippen LogP contribution is -1.93. The van der Waals surface area contributed by atoms with Crippen LogP contribution in [0.1, 0.15) is 0 Å². The molecule has 3 nitrogen and oxygen atoms in total. The lowest BCUT2D eigenvalue weighted by atomic mass is 10.2. The number of aromatic nitrogens is 2. The van der Waals surface area contributed by atoms with Gasteiger partial charge in [-0.25, -0.2) is 9.97 Å². The molecule has 0 spiro atoms. The SMILES string of the molecule is Nc1ncc2ccc(I)cc2n1. The van der Waals surface area contributed by atoms with Crippen molar-refractivity contribution in [2.75, 3.05) is 5.73 Å². The minimum absolute atomic E-state index is 0.324. The smallest absolute Gasteiger partial charge is 0.220 e. The van der Waals surface area contributed by atoms with Crippen molar-refractivity contribution in [3.8, 4) is 0 Å². The van der Waals surface area contributed by atoms with Gasteiger partial charge in [0.1, 0.15) is 0 Å². The number of hydrogen-bond donors (Lipinski definition) is 1. The van der Waals surface area contributed by atoms with Gasteiger partial charge in [0.2, 0.25) is 5.95 Å². The molecule has 0 aliphatic rings. The Morgan fingerprint density at radius 2 is 2.17 bits per heavy atom. The summed E-state index contributed by atoms with van der Waals surface area (Å²) in [5.41, 5.74) is 6.35. The molecule has 4 heteroatoms. The van der Waals surface area contributed by atoms with Crippen molar-refractivity contribution >= 4 is 39.4 Å². The zero-order valence-electron chi connectivity index (χ0n) is 6.16. The number of fused-ring (bicyclic) bond motifs is 1. The van der Waals surface area contributed by atoms with Crippen LogP contribution in [0.4, 0.5) is 5.95 Å². The van der Waals surface area contributed by atoms with E-state index in [2.05, 4.69) is 32.6 Å². The molecule has 0 saturated heterocycles. The summed E-state index contributed by atoms with van der Waals surface area (Å²) in [6.07, 6.45) is 1.73. The Hall–Kier alpha value is -0.910. The van der Waals surface area contributed by atoms with E-state index in [1.165, 1.54) is 0 Å². The Kier molecular flexibility index (Phi) is 1.84. The minimum atomic E-state index is 0.324. The first-order chi connectivity index (χ1) is 5.75. The molecule has 0 amide bonds. The quantitative estimate of drug-likeness (QED) is 0.743. The van der Waals surface area contributed by atoms with E-state index in [4.69, 9.17) is 5.73 Å². The van der Waals surface area contributed by atoms with Gasteiger partial charge in [0.05, 0.1) is 5.52 Å². The molecular weight excluding hydrogens is 265 g/mol. The van der Waals surface area contributed by atoms with Crippen LogP contribution in [0.25, 0.3) is 10.9 Å². The van der Waals surface area contributed by atoms with Gasteiger partial charge >= 0.3 is 0 Å². The summed E-state index contributed by atoms with van der Waals surface area (Å²) < 4.78 is 1.15. The summed E-state index contributed by atoms with van der Waals surface area (Å²) in [4.78, 5) is 8.00. The van der Waals surface area contributed by atoms with E-state index in [1.54, 1.807) is 6.20 Å². The second-order valence-corrected chi connectivity index (χ2v) is 3.68. The van der Waals surface area contributed by atoms with E-state index in [9.17, 15) is 0 Å². The molecule has 2 aromatic rings. The fourth-order valence-electron chi connectivity index (χ4n) is 1.01. The predicted octanol–water partition coefficient (Wildman–Crippen LogP) is 1.82. The maximum Gasteiger partial charge on any atom is 0.220 e. The highest BCUT2D eigenvalue weighted by molar-refractivity contribution is 14.1. The van der Waals surface area contributed by atoms with Crippen molar-refractivity contribution in [1.29, 1.82) is 0 Å². The second kappa shape index (κ2) is 2.85. The lowest BCUT2D eigenvalue weighted by molar-refractivity contribution is 1.24. The van der Waals surface area contributed by atoms with Crippen molar-refractivity contribution in [1.82, 2.24) is 9.97 Å². The molecule has 0 unspecified atom stereocenters. The fourth-order valence-corrected chi connectivity index (χ4v) is 1.49. The van der Waals surface area contributed by atoms with Gasteiger partial charge in [-0.05, 0) is 34.7 Å². The number of nitrogens with two attached hydrogens (primary N) is 1. The lowest BCUT2D eigenvalue weighted by Gasteiger charge is -1.97. The van der Waals surface area contributed by atoms with E-state index in [0.29, 0.717) is 5.95 Å². The summed E-state index contributed by atoms with van der Waals surface area (Å²) in [5, 5.41) is 1.02. The van der Waals surface area contributed by atoms with Gasteiger partial charge < -0.3 is 5.73 Å². The molecule has 1 aromatic carbocycles. The topological polar surface area (TPSA) is 51.8 Å². The number of benzene rings is 1. The Morgan fingerprint density at radius 3 is 3.00 bits per heavy atom. The monoisotopic (exact) mass is 271 g/mol. The molecule has 1 heterocycles. The minimum Gasteiger partial charge on any atom is -0.368 e. The molecule has 0 atom stereocenters. The third-order valence-corrected chi connectivity index (χ3v) is 2.23. The molecule has 2 rings (SSSR count). The highest BCUT2D eigenvalue weighted by Gasteiger charge is 1.96. The Morgan fingerprint density at radius 1 is 1.33 bits per heavy atom. The van der Waals surface area contributed by atoms with Crippen molar-refractivity contribution in [3.05, 3.63) is 28.0 Å². The summed E-state index contributed by atoms with van der Waals surface area (Å²) in [5.74, 6) is 0.324. The molecular formula is C8H6IN3. The number of anilines is 1. The molecule has 2 N–H and O–H groups in total. The van der Waals surface area contributed by atoms with Crippen LogP contribution in [0.5, 0.6) is 0 Å². The molecule has 0 fully saturated rings. The molecule has 0 aliphatic carbocycles. The molecule has 1 aromatic heterocycles. The first kappa shape index (κ1) is 7.72. The average molecular weight is 271 g/mol. The molecule has 0 bridgehead atoms. The van der Waals surface area contributed by atoms with E-state index >= 15 is 0 Å². The van der Waals surface area contributed by atoms with Crippen molar-refractivity contribution in [2.24, 2.45) is 0 Å². The zero-order valence-corrected chi connectivity index (χ0v) is 8.32. The van der Waals surface area contributed by atoms with Crippen LogP contribution < -0.4 is 5.73 Å². The van der Waals surface area contributed by atoms with Crippen molar-refractivity contribution < 1.29 is 0 Å². The van der Waals surface area contributed by atoms with E-state index in [-0.39, 0.29) is 0 Å². The van der Waals surface area contributed by atoms with Crippen LogP contribution in [0, 0.1) is 3.57 Å². The van der Waals surface area contributed by atoms with Crippen LogP contribution in [0.2, 0.25) is 0 Å². The van der Waals surface area contributed by atoms with Gasteiger partial charge in [-0.1, -0.05) is 6.07 Å². The zero-order chi connectivity index (χ0) is 8.55. The fraction of sp³-hybridized carbons (Fsp3) is 0. The molecule has 0 saturated carbocycles. The van der Waals surface area contributed by atoms with Crippen LogP contribution >= 0.6 is 22.6 Å². The van der Waals surface area contributed by atoms with Gasteiger partial charge in [0, 0.05) is 15.2 Å². The Labute approximate surface area is 83.2 Å². The maximum atomic E-state index is 5.45. The standard InChI is InChI=1S/C8H6IN3/c9-6-2-1-5-4-11-8(10)12-7(5)3-6/h1-4H,(H2,10,11,12). The Balaban J connectivity index is 2.80. The number of rotatable bonds is 0. The van der Waals surface area contributed by atoms with Crippen LogP contribution in [0.15, 0.2) is 24.4 Å². The average Bonchev–Trinajstić information content (AvgIpc) is 2.03. The van der Waals surface area contributed by atoms with E-state index < -0.39 is 0 Å². The van der Waals surface area contributed by atoms with Crippen molar-refractivity contribution in [2.45, 2.75) is 0 Å². The van der Waals surface area contributed by atoms with Crippen LogP contribution in [-0.2, 0) is 0 Å². The van der Waals surface area contributed by atoms with E-state index in [1.807, 2.05) is 18.2 Å². The Bertz CT molecular complexity index is 391. The largest absolute Gasteiger partial charge is 0.368 e. The molecule has 0 aliphatic heterocycles. The predicted molar refractivity (Wildman–Crippen MR) is 56.7 cm³/mol. The number of halogens is 1. The molecule has 0 radical (unpaired) electrons. The summed E-state index contributed by atoms with van der Waals surface area (Å²) in [6, 6.07) is 5.98. The first-order valence-corrected chi connectivity index (χ1v) is 4.51. The van der Waals surface area contributed by atoms with Crippen LogP contribution in [0.3, 0.4) is 0 Å². The molecule has 60 valence electrons. The van der Waals surface area contributed by atoms with Crippen LogP contribution in [-0.4, -0.2) is 9.97 Å². The summed E-state index contributed by atoms with van der Waals surface area (Å²) >= 11 is 2.24. The highest BCUT2D eigenvalue weighted by Crippen LogP contribution is 2.14. The maximum absolute atomic E-state index is 5.45. The van der Waals surface area contributed by atoms with Gasteiger partial charge in [-0.15, -0.1) is 0 Å². The van der Waals surface area contributed by atoms with Gasteiger partial charge in [-0.2, -0.15) is 0 Å². The summed E-state index contributed by atoms with van der Waals surface area (Å²) in [6.45, 7) is 0. The van der Waals surface area contributed by atoms with Gasteiger partial charge in [-0.3, -0.25) is 0 Å². The second-order valence-electron chi connectivity index (χ2n) is 2.43. The molecule has 12 heavy (non-hydrogen) atoms. The number of nitrogen functional groups attached to an aromatic ring is 1.